The van der Waals surface area contributed by atoms with Gasteiger partial charge in [0.1, 0.15) is 11.6 Å². The molecule has 2 fully saturated rings. The van der Waals surface area contributed by atoms with Crippen LogP contribution in [0.4, 0.5) is 10.2 Å². The Morgan fingerprint density at radius 1 is 1.04 bits per heavy atom. The highest BCUT2D eigenvalue weighted by Crippen LogP contribution is 2.27. The predicted octanol–water partition coefficient (Wildman–Crippen LogP) is 3.25. The number of halogens is 2. The van der Waals surface area contributed by atoms with E-state index in [0.29, 0.717) is 23.7 Å². The molecule has 0 bridgehead atoms. The first-order valence-corrected chi connectivity index (χ1v) is 9.42. The molecular weight excluding hydrogens is 355 g/mol. The van der Waals surface area contributed by atoms with Gasteiger partial charge in [-0.15, -0.1) is 10.2 Å². The number of anilines is 1. The van der Waals surface area contributed by atoms with Crippen molar-refractivity contribution in [2.45, 2.75) is 18.9 Å². The first-order valence-electron chi connectivity index (χ1n) is 9.04. The van der Waals surface area contributed by atoms with Crippen molar-refractivity contribution in [1.29, 1.82) is 0 Å². The van der Waals surface area contributed by atoms with E-state index in [1.807, 2.05) is 6.07 Å². The minimum atomic E-state index is -0.235. The zero-order chi connectivity index (χ0) is 17.9. The lowest BCUT2D eigenvalue weighted by Gasteiger charge is -2.46. The Morgan fingerprint density at radius 3 is 2.65 bits per heavy atom. The average Bonchev–Trinajstić information content (AvgIpc) is 2.67. The van der Waals surface area contributed by atoms with Crippen molar-refractivity contribution in [2.24, 2.45) is 5.92 Å². The van der Waals surface area contributed by atoms with Gasteiger partial charge < -0.3 is 9.64 Å². The SMILES string of the molecule is Fc1ccc(OC[C@@H]2CC[C@H]3CN(c4ccc(Cl)nn4)CCN3C2)cc1. The van der Waals surface area contributed by atoms with Gasteiger partial charge in [0, 0.05) is 38.1 Å². The molecule has 4 rings (SSSR count). The van der Waals surface area contributed by atoms with E-state index in [4.69, 9.17) is 16.3 Å². The molecule has 1 aromatic heterocycles. The minimum Gasteiger partial charge on any atom is -0.493 e. The lowest BCUT2D eigenvalue weighted by atomic mass is 9.91. The molecule has 5 nitrogen and oxygen atoms in total. The molecule has 3 heterocycles. The Kier molecular flexibility index (Phi) is 5.22. The third-order valence-corrected chi connectivity index (χ3v) is 5.45. The maximum atomic E-state index is 13.0. The zero-order valence-electron chi connectivity index (χ0n) is 14.5. The first kappa shape index (κ1) is 17.5. The smallest absolute Gasteiger partial charge is 0.151 e. The van der Waals surface area contributed by atoms with Crippen LogP contribution in [0, 0.1) is 11.7 Å². The molecule has 26 heavy (non-hydrogen) atoms. The van der Waals surface area contributed by atoms with Gasteiger partial charge in [-0.05, 0) is 49.2 Å². The van der Waals surface area contributed by atoms with Crippen LogP contribution in [0.2, 0.25) is 5.15 Å². The first-order chi connectivity index (χ1) is 12.7. The summed E-state index contributed by atoms with van der Waals surface area (Å²) in [5, 5.41) is 8.58. The van der Waals surface area contributed by atoms with Gasteiger partial charge in [0.2, 0.25) is 0 Å². The zero-order valence-corrected chi connectivity index (χ0v) is 15.3. The van der Waals surface area contributed by atoms with E-state index >= 15 is 0 Å². The monoisotopic (exact) mass is 376 g/mol. The Morgan fingerprint density at radius 2 is 1.88 bits per heavy atom. The molecule has 2 aliphatic rings. The molecule has 0 saturated carbocycles. The second-order valence-electron chi connectivity index (χ2n) is 7.02. The number of piperidine rings is 1. The third kappa shape index (κ3) is 4.07. The number of benzene rings is 1. The molecule has 0 N–H and O–H groups in total. The lowest BCUT2D eigenvalue weighted by Crippen LogP contribution is -2.57. The molecule has 0 radical (unpaired) electrons. The van der Waals surface area contributed by atoms with Crippen LogP contribution in [0.5, 0.6) is 5.75 Å². The van der Waals surface area contributed by atoms with Gasteiger partial charge in [0.05, 0.1) is 6.61 Å². The van der Waals surface area contributed by atoms with Crippen molar-refractivity contribution >= 4 is 17.4 Å². The summed E-state index contributed by atoms with van der Waals surface area (Å²) < 4.78 is 18.8. The van der Waals surface area contributed by atoms with Gasteiger partial charge in [-0.3, -0.25) is 4.90 Å². The molecule has 7 heteroatoms. The fourth-order valence-electron chi connectivity index (χ4n) is 3.82. The van der Waals surface area contributed by atoms with Crippen LogP contribution in [0.25, 0.3) is 0 Å². The number of ether oxygens (including phenoxy) is 1. The molecule has 2 aliphatic heterocycles. The molecular formula is C19H22ClFN4O. The average molecular weight is 377 g/mol. The van der Waals surface area contributed by atoms with Gasteiger partial charge in [-0.2, -0.15) is 0 Å². The Hall–Kier alpha value is -1.92. The summed E-state index contributed by atoms with van der Waals surface area (Å²) in [6.07, 6.45) is 2.29. The molecule has 2 aromatic rings. The van der Waals surface area contributed by atoms with Crippen LogP contribution in [0.3, 0.4) is 0 Å². The lowest BCUT2D eigenvalue weighted by molar-refractivity contribution is 0.0727. The molecule has 138 valence electrons. The van der Waals surface area contributed by atoms with Crippen LogP contribution in [-0.4, -0.2) is 53.9 Å². The molecule has 0 amide bonds. The summed E-state index contributed by atoms with van der Waals surface area (Å²) in [6, 6.07) is 10.5. The highest BCUT2D eigenvalue weighted by molar-refractivity contribution is 6.29. The number of rotatable bonds is 4. The molecule has 0 aliphatic carbocycles. The standard InChI is InChI=1S/C19H22ClFN4O/c20-18-7-8-19(23-22-18)25-10-9-24-11-14(1-4-16(24)12-25)13-26-17-5-2-15(21)3-6-17/h2-3,5-8,14,16H,1,4,9-13H2/t14-,16+/m1/s1. The van der Waals surface area contributed by atoms with E-state index < -0.39 is 0 Å². The number of hydrogen-bond acceptors (Lipinski definition) is 5. The van der Waals surface area contributed by atoms with E-state index in [2.05, 4.69) is 20.0 Å². The van der Waals surface area contributed by atoms with Crippen LogP contribution in [0.1, 0.15) is 12.8 Å². The summed E-state index contributed by atoms with van der Waals surface area (Å²) in [7, 11) is 0. The van der Waals surface area contributed by atoms with E-state index in [0.717, 1.165) is 50.6 Å². The van der Waals surface area contributed by atoms with E-state index in [1.165, 1.54) is 12.1 Å². The minimum absolute atomic E-state index is 0.235. The molecule has 2 saturated heterocycles. The third-order valence-electron chi connectivity index (χ3n) is 5.25. The summed E-state index contributed by atoms with van der Waals surface area (Å²) >= 11 is 5.83. The van der Waals surface area contributed by atoms with Gasteiger partial charge in [0.25, 0.3) is 0 Å². The Labute approximate surface area is 157 Å². The summed E-state index contributed by atoms with van der Waals surface area (Å²) in [5.41, 5.74) is 0. The summed E-state index contributed by atoms with van der Waals surface area (Å²) in [4.78, 5) is 4.85. The molecule has 0 spiro atoms. The van der Waals surface area contributed by atoms with Crippen molar-refractivity contribution < 1.29 is 9.13 Å². The second-order valence-corrected chi connectivity index (χ2v) is 7.40. The normalized spacial score (nSPS) is 23.5. The van der Waals surface area contributed by atoms with E-state index in [9.17, 15) is 4.39 Å². The number of piperazine rings is 1. The van der Waals surface area contributed by atoms with Crippen LogP contribution in [0.15, 0.2) is 36.4 Å². The maximum Gasteiger partial charge on any atom is 0.151 e. The molecule has 1 aromatic carbocycles. The number of aromatic nitrogens is 2. The highest BCUT2D eigenvalue weighted by Gasteiger charge is 2.33. The highest BCUT2D eigenvalue weighted by atomic mass is 35.5. The van der Waals surface area contributed by atoms with Gasteiger partial charge in [-0.1, -0.05) is 11.6 Å². The summed E-state index contributed by atoms with van der Waals surface area (Å²) in [5.74, 6) is 1.91. The molecule has 2 atom stereocenters. The Balaban J connectivity index is 1.29. The van der Waals surface area contributed by atoms with Crippen molar-refractivity contribution in [2.75, 3.05) is 37.7 Å². The summed E-state index contributed by atoms with van der Waals surface area (Å²) in [6.45, 7) is 4.66. The number of nitrogens with zero attached hydrogens (tertiary/aromatic N) is 4. The fourth-order valence-corrected chi connectivity index (χ4v) is 3.93. The van der Waals surface area contributed by atoms with Crippen LogP contribution < -0.4 is 9.64 Å². The van der Waals surface area contributed by atoms with Crippen LogP contribution in [-0.2, 0) is 0 Å². The topological polar surface area (TPSA) is 41.5 Å². The quantitative estimate of drug-likeness (QED) is 0.819. The largest absolute Gasteiger partial charge is 0.493 e. The van der Waals surface area contributed by atoms with Gasteiger partial charge in [-0.25, -0.2) is 4.39 Å². The second kappa shape index (κ2) is 7.76. The Bertz CT molecular complexity index is 727. The van der Waals surface area contributed by atoms with E-state index in [1.54, 1.807) is 18.2 Å². The van der Waals surface area contributed by atoms with E-state index in [-0.39, 0.29) is 5.82 Å². The fraction of sp³-hybridized carbons (Fsp3) is 0.474. The number of hydrogen-bond donors (Lipinski definition) is 0. The van der Waals surface area contributed by atoms with Crippen LogP contribution >= 0.6 is 11.6 Å². The predicted molar refractivity (Wildman–Crippen MR) is 99.2 cm³/mol. The maximum absolute atomic E-state index is 13.0. The van der Waals surface area contributed by atoms with Crippen molar-refractivity contribution in [3.8, 4) is 5.75 Å². The number of fused-ring (bicyclic) bond motifs is 1. The van der Waals surface area contributed by atoms with Crippen molar-refractivity contribution in [1.82, 2.24) is 15.1 Å². The molecule has 0 unspecified atom stereocenters. The van der Waals surface area contributed by atoms with Crippen molar-refractivity contribution in [3.63, 3.8) is 0 Å². The van der Waals surface area contributed by atoms with Crippen molar-refractivity contribution in [3.05, 3.63) is 47.4 Å². The van der Waals surface area contributed by atoms with Gasteiger partial charge >= 0.3 is 0 Å². The van der Waals surface area contributed by atoms with Gasteiger partial charge in [0.15, 0.2) is 11.0 Å².